The lowest BCUT2D eigenvalue weighted by molar-refractivity contribution is 0.410. The number of hydrogen-bond donors (Lipinski definition) is 1. The molecule has 0 aliphatic carbocycles. The maximum atomic E-state index is 6.03. The summed E-state index contributed by atoms with van der Waals surface area (Å²) in [7, 11) is 1.65. The van der Waals surface area contributed by atoms with Gasteiger partial charge in [-0.2, -0.15) is 0 Å². The Kier molecular flexibility index (Phi) is 4.28. The third-order valence-corrected chi connectivity index (χ3v) is 2.94. The van der Waals surface area contributed by atoms with E-state index in [1.54, 1.807) is 19.4 Å². The van der Waals surface area contributed by atoms with Crippen molar-refractivity contribution in [2.24, 2.45) is 0 Å². The third-order valence-electron chi connectivity index (χ3n) is 2.45. The minimum absolute atomic E-state index is 0.498. The fourth-order valence-electron chi connectivity index (χ4n) is 1.57. The summed E-state index contributed by atoms with van der Waals surface area (Å²) < 4.78 is 5.27. The lowest BCUT2D eigenvalue weighted by atomic mass is 10.2. The molecule has 0 unspecified atom stereocenters. The van der Waals surface area contributed by atoms with Gasteiger partial charge in [0, 0.05) is 18.3 Å². The zero-order chi connectivity index (χ0) is 13.0. The molecule has 1 aromatic heterocycles. The number of nitrogens with zero attached hydrogens (tertiary/aromatic N) is 1. The van der Waals surface area contributed by atoms with Crippen molar-refractivity contribution in [3.05, 3.63) is 52.1 Å². The molecule has 94 valence electrons. The second kappa shape index (κ2) is 5.94. The van der Waals surface area contributed by atoms with Gasteiger partial charge in [-0.3, -0.25) is 0 Å². The van der Waals surface area contributed by atoms with Crippen LogP contribution in [0.15, 0.2) is 36.5 Å². The largest absolute Gasteiger partial charge is 0.496 e. The second-order valence-electron chi connectivity index (χ2n) is 3.65. The number of nitrogens with one attached hydrogen (secondary N) is 1. The molecule has 0 radical (unpaired) electrons. The average Bonchev–Trinajstić information content (AvgIpc) is 2.38. The molecule has 0 spiro atoms. The molecular weight excluding hydrogens is 271 g/mol. The van der Waals surface area contributed by atoms with Crippen LogP contribution in [0.3, 0.4) is 0 Å². The van der Waals surface area contributed by atoms with Gasteiger partial charge in [-0.15, -0.1) is 0 Å². The van der Waals surface area contributed by atoms with Crippen molar-refractivity contribution in [2.75, 3.05) is 12.4 Å². The number of anilines is 1. The van der Waals surface area contributed by atoms with Crippen molar-refractivity contribution in [3.63, 3.8) is 0 Å². The Morgan fingerprint density at radius 3 is 2.78 bits per heavy atom. The van der Waals surface area contributed by atoms with Gasteiger partial charge in [-0.05, 0) is 12.1 Å². The SMILES string of the molecule is COc1ccccc1CNc1ncc(Cl)cc1Cl. The number of aromatic nitrogens is 1. The molecule has 0 saturated carbocycles. The fourth-order valence-corrected chi connectivity index (χ4v) is 2.02. The summed E-state index contributed by atoms with van der Waals surface area (Å²) in [5.74, 6) is 1.43. The first-order valence-electron chi connectivity index (χ1n) is 5.37. The van der Waals surface area contributed by atoms with E-state index in [0.29, 0.717) is 22.4 Å². The maximum Gasteiger partial charge on any atom is 0.145 e. The van der Waals surface area contributed by atoms with E-state index in [9.17, 15) is 0 Å². The molecule has 0 atom stereocenters. The molecule has 2 aromatic rings. The van der Waals surface area contributed by atoms with E-state index >= 15 is 0 Å². The Morgan fingerprint density at radius 2 is 2.06 bits per heavy atom. The number of ether oxygens (including phenoxy) is 1. The Labute approximate surface area is 116 Å². The van der Waals surface area contributed by atoms with Crippen LogP contribution in [0.2, 0.25) is 10.0 Å². The van der Waals surface area contributed by atoms with E-state index in [1.807, 2.05) is 24.3 Å². The Bertz CT molecular complexity index is 546. The predicted octanol–water partition coefficient (Wildman–Crippen LogP) is 4.01. The molecule has 5 heteroatoms. The molecule has 18 heavy (non-hydrogen) atoms. The van der Waals surface area contributed by atoms with Crippen LogP contribution in [-0.4, -0.2) is 12.1 Å². The highest BCUT2D eigenvalue weighted by Gasteiger charge is 2.05. The number of methoxy groups -OCH3 is 1. The monoisotopic (exact) mass is 282 g/mol. The van der Waals surface area contributed by atoms with E-state index in [2.05, 4.69) is 10.3 Å². The number of benzene rings is 1. The number of hydrogen-bond acceptors (Lipinski definition) is 3. The van der Waals surface area contributed by atoms with Gasteiger partial charge in [0.15, 0.2) is 0 Å². The van der Waals surface area contributed by atoms with Gasteiger partial charge in [-0.25, -0.2) is 4.98 Å². The molecule has 0 saturated heterocycles. The molecule has 0 fully saturated rings. The minimum atomic E-state index is 0.498. The highest BCUT2D eigenvalue weighted by atomic mass is 35.5. The Balaban J connectivity index is 2.11. The minimum Gasteiger partial charge on any atom is -0.496 e. The molecule has 1 heterocycles. The lowest BCUT2D eigenvalue weighted by Crippen LogP contribution is -2.03. The standard InChI is InChI=1S/C13H12Cl2N2O/c1-18-12-5-3-2-4-9(12)7-16-13-11(15)6-10(14)8-17-13/h2-6,8H,7H2,1H3,(H,16,17). The van der Waals surface area contributed by atoms with E-state index in [0.717, 1.165) is 11.3 Å². The first kappa shape index (κ1) is 13.0. The second-order valence-corrected chi connectivity index (χ2v) is 4.49. The molecule has 0 aliphatic heterocycles. The van der Waals surface area contributed by atoms with Gasteiger partial charge in [0.2, 0.25) is 0 Å². The summed E-state index contributed by atoms with van der Waals surface area (Å²) >= 11 is 11.8. The number of pyridine rings is 1. The summed E-state index contributed by atoms with van der Waals surface area (Å²) in [5.41, 5.74) is 1.04. The number of halogens is 2. The molecule has 0 aliphatic rings. The highest BCUT2D eigenvalue weighted by Crippen LogP contribution is 2.24. The van der Waals surface area contributed by atoms with Crippen molar-refractivity contribution < 1.29 is 4.74 Å². The molecule has 2 rings (SSSR count). The zero-order valence-corrected chi connectivity index (χ0v) is 11.3. The first-order chi connectivity index (χ1) is 8.70. The summed E-state index contributed by atoms with van der Waals surface area (Å²) in [6.07, 6.45) is 1.55. The summed E-state index contributed by atoms with van der Waals surface area (Å²) in [6, 6.07) is 9.43. The van der Waals surface area contributed by atoms with Crippen LogP contribution < -0.4 is 10.1 Å². The van der Waals surface area contributed by atoms with Crippen molar-refractivity contribution in [1.29, 1.82) is 0 Å². The van der Waals surface area contributed by atoms with Crippen LogP contribution in [0, 0.1) is 0 Å². The van der Waals surface area contributed by atoms with Gasteiger partial charge >= 0.3 is 0 Å². The van der Waals surface area contributed by atoms with Crippen molar-refractivity contribution in [2.45, 2.75) is 6.54 Å². The number of rotatable bonds is 4. The van der Waals surface area contributed by atoms with Gasteiger partial charge in [-0.1, -0.05) is 41.4 Å². The molecule has 0 amide bonds. The summed E-state index contributed by atoms with van der Waals surface area (Å²) in [6.45, 7) is 0.582. The average molecular weight is 283 g/mol. The predicted molar refractivity (Wildman–Crippen MR) is 74.6 cm³/mol. The van der Waals surface area contributed by atoms with Gasteiger partial charge < -0.3 is 10.1 Å². The van der Waals surface area contributed by atoms with Gasteiger partial charge in [0.05, 0.1) is 17.2 Å². The van der Waals surface area contributed by atoms with E-state index < -0.39 is 0 Å². The van der Waals surface area contributed by atoms with Crippen LogP contribution >= 0.6 is 23.2 Å². The van der Waals surface area contributed by atoms with Crippen LogP contribution in [-0.2, 0) is 6.54 Å². The smallest absolute Gasteiger partial charge is 0.145 e. The summed E-state index contributed by atoms with van der Waals surface area (Å²) in [4.78, 5) is 4.13. The van der Waals surface area contributed by atoms with E-state index in [1.165, 1.54) is 0 Å². The normalized spacial score (nSPS) is 10.2. The van der Waals surface area contributed by atoms with E-state index in [4.69, 9.17) is 27.9 Å². The van der Waals surface area contributed by atoms with Crippen molar-refractivity contribution in [3.8, 4) is 5.75 Å². The first-order valence-corrected chi connectivity index (χ1v) is 6.13. The topological polar surface area (TPSA) is 34.1 Å². The van der Waals surface area contributed by atoms with Crippen LogP contribution in [0.25, 0.3) is 0 Å². The van der Waals surface area contributed by atoms with Crippen LogP contribution in [0.4, 0.5) is 5.82 Å². The quantitative estimate of drug-likeness (QED) is 0.920. The highest BCUT2D eigenvalue weighted by molar-refractivity contribution is 6.35. The molecule has 1 aromatic carbocycles. The van der Waals surface area contributed by atoms with E-state index in [-0.39, 0.29) is 0 Å². The fraction of sp³-hybridized carbons (Fsp3) is 0.154. The molecule has 0 bridgehead atoms. The Hall–Kier alpha value is -1.45. The third kappa shape index (κ3) is 3.06. The molecular formula is C13H12Cl2N2O. The molecule has 3 nitrogen and oxygen atoms in total. The van der Waals surface area contributed by atoms with Crippen LogP contribution in [0.5, 0.6) is 5.75 Å². The number of para-hydroxylation sites is 1. The Morgan fingerprint density at radius 1 is 1.28 bits per heavy atom. The van der Waals surface area contributed by atoms with Crippen molar-refractivity contribution >= 4 is 29.0 Å². The van der Waals surface area contributed by atoms with Gasteiger partial charge in [0.1, 0.15) is 11.6 Å². The maximum absolute atomic E-state index is 6.03. The van der Waals surface area contributed by atoms with Crippen molar-refractivity contribution in [1.82, 2.24) is 4.98 Å². The lowest BCUT2D eigenvalue weighted by Gasteiger charge is -2.10. The van der Waals surface area contributed by atoms with Crippen LogP contribution in [0.1, 0.15) is 5.56 Å². The van der Waals surface area contributed by atoms with Gasteiger partial charge in [0.25, 0.3) is 0 Å². The zero-order valence-electron chi connectivity index (χ0n) is 9.78. The molecule has 1 N–H and O–H groups in total. The summed E-state index contributed by atoms with van der Waals surface area (Å²) in [5, 5.41) is 4.16.